The van der Waals surface area contributed by atoms with Crippen molar-refractivity contribution in [3.05, 3.63) is 30.2 Å². The van der Waals surface area contributed by atoms with Crippen LogP contribution >= 0.6 is 0 Å². The number of aryl methyl sites for hydroxylation is 2. The molecule has 0 aromatic carbocycles. The van der Waals surface area contributed by atoms with Crippen LogP contribution in [0.5, 0.6) is 0 Å². The molecule has 0 fully saturated rings. The first-order valence-corrected chi connectivity index (χ1v) is 4.98. The van der Waals surface area contributed by atoms with Crippen molar-refractivity contribution in [3.63, 3.8) is 0 Å². The normalized spacial score (nSPS) is 11.7. The average molecular weight is 201 g/mol. The number of hydrogen-bond donors (Lipinski definition) is 0. The largest absolute Gasteiger partial charge is 0.294 e. The molecular weight excluding hydrogens is 188 g/mol. The minimum Gasteiger partial charge on any atom is -0.245 e. The number of aromatic nitrogens is 4. The third-order valence-corrected chi connectivity index (χ3v) is 3.09. The number of imidazole rings is 2. The molecule has 4 nitrogen and oxygen atoms in total. The zero-order chi connectivity index (χ0) is 10.6. The van der Waals surface area contributed by atoms with E-state index in [4.69, 9.17) is 0 Å². The van der Waals surface area contributed by atoms with Gasteiger partial charge in [-0.05, 0) is 12.1 Å². The van der Waals surface area contributed by atoms with Crippen LogP contribution in [0, 0.1) is 6.92 Å². The lowest BCUT2D eigenvalue weighted by atomic mass is 10.5. The van der Waals surface area contributed by atoms with Crippen molar-refractivity contribution in [1.82, 2.24) is 14.0 Å². The summed E-state index contributed by atoms with van der Waals surface area (Å²) in [5, 5.41) is 0. The van der Waals surface area contributed by atoms with Gasteiger partial charge in [0.1, 0.15) is 0 Å². The van der Waals surface area contributed by atoms with E-state index in [0.717, 1.165) is 16.9 Å². The van der Waals surface area contributed by atoms with Crippen molar-refractivity contribution in [2.75, 3.05) is 0 Å². The molecule has 3 aromatic heterocycles. The van der Waals surface area contributed by atoms with Gasteiger partial charge in [0.15, 0.2) is 5.65 Å². The fourth-order valence-electron chi connectivity index (χ4n) is 2.04. The van der Waals surface area contributed by atoms with Crippen molar-refractivity contribution < 1.29 is 4.57 Å². The van der Waals surface area contributed by atoms with E-state index in [1.165, 1.54) is 5.82 Å². The van der Waals surface area contributed by atoms with Gasteiger partial charge in [-0.25, -0.2) is 13.5 Å². The Morgan fingerprint density at radius 2 is 2.13 bits per heavy atom. The van der Waals surface area contributed by atoms with Crippen molar-refractivity contribution in [1.29, 1.82) is 0 Å². The van der Waals surface area contributed by atoms with Gasteiger partial charge in [-0.2, -0.15) is 4.98 Å². The second-order valence-corrected chi connectivity index (χ2v) is 3.85. The van der Waals surface area contributed by atoms with E-state index >= 15 is 0 Å². The molecular formula is C11H13N4+. The predicted octanol–water partition coefficient (Wildman–Crippen LogP) is 0.959. The van der Waals surface area contributed by atoms with Crippen LogP contribution in [0.1, 0.15) is 5.82 Å². The van der Waals surface area contributed by atoms with Crippen molar-refractivity contribution >= 4 is 16.9 Å². The maximum atomic E-state index is 4.60. The molecule has 0 aliphatic carbocycles. The highest BCUT2D eigenvalue weighted by molar-refractivity contribution is 5.70. The van der Waals surface area contributed by atoms with Gasteiger partial charge < -0.3 is 0 Å². The molecule has 0 radical (unpaired) electrons. The fourth-order valence-corrected chi connectivity index (χ4v) is 2.04. The zero-order valence-corrected chi connectivity index (χ0v) is 9.10. The van der Waals surface area contributed by atoms with Crippen LogP contribution in [0.25, 0.3) is 16.9 Å². The minimum atomic E-state index is 0.994. The molecule has 0 spiro atoms. The topological polar surface area (TPSA) is 26.1 Å². The van der Waals surface area contributed by atoms with Crippen LogP contribution < -0.4 is 4.57 Å². The van der Waals surface area contributed by atoms with Crippen molar-refractivity contribution in [2.24, 2.45) is 14.1 Å². The Morgan fingerprint density at radius 3 is 2.93 bits per heavy atom. The second-order valence-electron chi connectivity index (χ2n) is 3.85. The molecule has 0 aliphatic rings. The molecule has 3 rings (SSSR count). The monoisotopic (exact) mass is 201 g/mol. The van der Waals surface area contributed by atoms with Crippen molar-refractivity contribution in [3.8, 4) is 0 Å². The summed E-state index contributed by atoms with van der Waals surface area (Å²) >= 11 is 0. The summed E-state index contributed by atoms with van der Waals surface area (Å²) in [6, 6.07) is 6.06. The molecule has 4 heteroatoms. The van der Waals surface area contributed by atoms with E-state index in [2.05, 4.69) is 32.5 Å². The standard InChI is InChI=1S/C11H13N4/c1-8-13(2)10-11(14(8)3)15-7-5-4-6-9(15)12-10/h4-7H,1-3H3/q+1. The van der Waals surface area contributed by atoms with E-state index in [1.54, 1.807) is 0 Å². The highest BCUT2D eigenvalue weighted by Crippen LogP contribution is 2.14. The summed E-state index contributed by atoms with van der Waals surface area (Å²) in [5.74, 6) is 1.20. The molecule has 0 bridgehead atoms. The van der Waals surface area contributed by atoms with Gasteiger partial charge in [-0.1, -0.05) is 6.07 Å². The van der Waals surface area contributed by atoms with Gasteiger partial charge in [0, 0.05) is 6.92 Å². The summed E-state index contributed by atoms with van der Waals surface area (Å²) in [6.45, 7) is 2.09. The van der Waals surface area contributed by atoms with Gasteiger partial charge in [0.05, 0.1) is 20.3 Å². The molecule has 3 aromatic rings. The molecule has 3 heterocycles. The fraction of sp³-hybridized carbons (Fsp3) is 0.273. The Kier molecular flexibility index (Phi) is 1.46. The smallest absolute Gasteiger partial charge is 0.245 e. The van der Waals surface area contributed by atoms with Crippen LogP contribution in [-0.4, -0.2) is 14.0 Å². The molecule has 0 amide bonds. The molecule has 0 saturated carbocycles. The lowest BCUT2D eigenvalue weighted by molar-refractivity contribution is -0.654. The zero-order valence-electron chi connectivity index (χ0n) is 9.10. The number of rotatable bonds is 0. The summed E-state index contributed by atoms with van der Waals surface area (Å²) in [4.78, 5) is 4.60. The first-order valence-electron chi connectivity index (χ1n) is 4.98. The van der Waals surface area contributed by atoms with E-state index in [9.17, 15) is 0 Å². The van der Waals surface area contributed by atoms with Gasteiger partial charge in [0.25, 0.3) is 11.3 Å². The van der Waals surface area contributed by atoms with Crippen LogP contribution in [-0.2, 0) is 14.1 Å². The van der Waals surface area contributed by atoms with Gasteiger partial charge in [-0.3, -0.25) is 0 Å². The first kappa shape index (κ1) is 8.47. The summed E-state index contributed by atoms with van der Waals surface area (Å²) in [5.41, 5.74) is 3.17. The van der Waals surface area contributed by atoms with Crippen LogP contribution in [0.3, 0.4) is 0 Å². The molecule has 0 N–H and O–H groups in total. The lowest BCUT2D eigenvalue weighted by Gasteiger charge is -1.92. The van der Waals surface area contributed by atoms with Crippen LogP contribution in [0.15, 0.2) is 24.4 Å². The number of pyridine rings is 1. The van der Waals surface area contributed by atoms with E-state index in [0.29, 0.717) is 0 Å². The number of nitrogens with zero attached hydrogens (tertiary/aromatic N) is 4. The average Bonchev–Trinajstić information content (AvgIpc) is 2.72. The first-order chi connectivity index (χ1) is 7.20. The molecule has 15 heavy (non-hydrogen) atoms. The van der Waals surface area contributed by atoms with Gasteiger partial charge in [0.2, 0.25) is 5.82 Å². The molecule has 0 saturated heterocycles. The lowest BCUT2D eigenvalue weighted by Crippen LogP contribution is -2.31. The summed E-state index contributed by atoms with van der Waals surface area (Å²) < 4.78 is 6.39. The van der Waals surface area contributed by atoms with Crippen molar-refractivity contribution in [2.45, 2.75) is 6.92 Å². The molecule has 0 aliphatic heterocycles. The Bertz CT molecular complexity index is 660. The molecule has 0 atom stereocenters. The third kappa shape index (κ3) is 0.909. The van der Waals surface area contributed by atoms with E-state index in [-0.39, 0.29) is 0 Å². The Hall–Kier alpha value is -1.84. The second kappa shape index (κ2) is 2.59. The highest BCUT2D eigenvalue weighted by Gasteiger charge is 2.21. The van der Waals surface area contributed by atoms with E-state index in [1.807, 2.05) is 31.4 Å². The Balaban J connectivity index is 2.65. The number of hydrogen-bond acceptors (Lipinski definition) is 1. The highest BCUT2D eigenvalue weighted by atomic mass is 15.3. The van der Waals surface area contributed by atoms with Crippen LogP contribution in [0.2, 0.25) is 0 Å². The predicted molar refractivity (Wildman–Crippen MR) is 57.6 cm³/mol. The third-order valence-electron chi connectivity index (χ3n) is 3.09. The Labute approximate surface area is 87.4 Å². The molecule has 76 valence electrons. The minimum absolute atomic E-state index is 0.994. The summed E-state index contributed by atoms with van der Waals surface area (Å²) in [6.07, 6.45) is 2.05. The maximum absolute atomic E-state index is 4.60. The molecule has 0 unspecified atom stereocenters. The summed E-state index contributed by atoms with van der Waals surface area (Å²) in [7, 11) is 4.11. The Morgan fingerprint density at radius 1 is 1.33 bits per heavy atom. The van der Waals surface area contributed by atoms with Gasteiger partial charge in [-0.15, -0.1) is 0 Å². The quantitative estimate of drug-likeness (QED) is 0.497. The van der Waals surface area contributed by atoms with E-state index < -0.39 is 0 Å². The van der Waals surface area contributed by atoms with Gasteiger partial charge >= 0.3 is 0 Å². The maximum Gasteiger partial charge on any atom is 0.294 e. The number of fused-ring (bicyclic) bond motifs is 3. The SMILES string of the molecule is Cc1n(C)c2nc3ccccn3c2[n+]1C. The van der Waals surface area contributed by atoms with Crippen LogP contribution in [0.4, 0.5) is 0 Å².